The molecule has 3 rings (SSSR count). The highest BCUT2D eigenvalue weighted by Crippen LogP contribution is 2.27. The smallest absolute Gasteiger partial charge is 0.265 e. The Bertz CT molecular complexity index is 1150. The fraction of sp³-hybridized carbons (Fsp3) is 0.259. The highest BCUT2D eigenvalue weighted by atomic mass is 16.5. The number of hydrogen-bond acceptors (Lipinski definition) is 6. The second-order valence-corrected chi connectivity index (χ2v) is 7.67. The zero-order valence-electron chi connectivity index (χ0n) is 20.3. The summed E-state index contributed by atoms with van der Waals surface area (Å²) in [4.78, 5) is 25.5. The van der Waals surface area contributed by atoms with Gasteiger partial charge in [-0.2, -0.15) is 0 Å². The molecule has 184 valence electrons. The number of carbonyl (C=O) groups excluding carboxylic acids is 2. The molecule has 8 heteroatoms. The molecular weight excluding hydrogens is 448 g/mol. The van der Waals surface area contributed by atoms with Gasteiger partial charge in [0.1, 0.15) is 11.5 Å². The largest absolute Gasteiger partial charge is 0.497 e. The summed E-state index contributed by atoms with van der Waals surface area (Å²) in [6.07, 6.45) is -0.169. The van der Waals surface area contributed by atoms with Crippen molar-refractivity contribution in [3.63, 3.8) is 0 Å². The van der Waals surface area contributed by atoms with Crippen LogP contribution in [0.25, 0.3) is 0 Å². The summed E-state index contributed by atoms with van der Waals surface area (Å²) in [6, 6.07) is 19.4. The minimum Gasteiger partial charge on any atom is -0.497 e. The van der Waals surface area contributed by atoms with Gasteiger partial charge < -0.3 is 29.6 Å². The summed E-state index contributed by atoms with van der Waals surface area (Å²) >= 11 is 0. The molecule has 0 fully saturated rings. The first-order valence-corrected chi connectivity index (χ1v) is 11.1. The normalized spacial score (nSPS) is 11.2. The van der Waals surface area contributed by atoms with Crippen LogP contribution < -0.4 is 29.6 Å². The van der Waals surface area contributed by atoms with Crippen LogP contribution in [0.4, 0.5) is 5.69 Å². The minimum absolute atomic E-state index is 0.287. The monoisotopic (exact) mass is 478 g/mol. The van der Waals surface area contributed by atoms with Crippen molar-refractivity contribution in [2.24, 2.45) is 0 Å². The second kappa shape index (κ2) is 12.3. The van der Waals surface area contributed by atoms with Crippen molar-refractivity contribution in [2.75, 3.05) is 33.2 Å². The zero-order valence-corrected chi connectivity index (χ0v) is 20.3. The molecule has 1 atom stereocenters. The summed E-state index contributed by atoms with van der Waals surface area (Å²) in [7, 11) is 4.74. The highest BCUT2D eigenvalue weighted by Gasteiger charge is 2.18. The number of carbonyl (C=O) groups is 2. The molecule has 8 nitrogen and oxygen atoms in total. The van der Waals surface area contributed by atoms with Crippen LogP contribution in [-0.2, 0) is 11.2 Å². The quantitative estimate of drug-likeness (QED) is 0.431. The third kappa shape index (κ3) is 6.89. The van der Waals surface area contributed by atoms with Gasteiger partial charge in [0.2, 0.25) is 0 Å². The minimum atomic E-state index is -0.774. The summed E-state index contributed by atoms with van der Waals surface area (Å²) in [6.45, 7) is 2.05. The van der Waals surface area contributed by atoms with E-state index in [0.29, 0.717) is 47.2 Å². The molecule has 0 aromatic heterocycles. The summed E-state index contributed by atoms with van der Waals surface area (Å²) in [5.41, 5.74) is 1.77. The van der Waals surface area contributed by atoms with Gasteiger partial charge in [0.15, 0.2) is 17.6 Å². The lowest BCUT2D eigenvalue weighted by Gasteiger charge is -2.17. The van der Waals surface area contributed by atoms with E-state index in [-0.39, 0.29) is 11.8 Å². The van der Waals surface area contributed by atoms with Crippen LogP contribution >= 0.6 is 0 Å². The third-order valence-corrected chi connectivity index (χ3v) is 5.32. The number of ether oxygens (including phenoxy) is 4. The van der Waals surface area contributed by atoms with Crippen molar-refractivity contribution in [3.8, 4) is 23.0 Å². The molecule has 3 aromatic rings. The molecular formula is C27H30N2O6. The van der Waals surface area contributed by atoms with Gasteiger partial charge in [-0.1, -0.05) is 18.2 Å². The maximum atomic E-state index is 12.8. The summed E-state index contributed by atoms with van der Waals surface area (Å²) < 4.78 is 21.4. The molecule has 2 N–H and O–H groups in total. The lowest BCUT2D eigenvalue weighted by molar-refractivity contribution is -0.122. The maximum Gasteiger partial charge on any atom is 0.265 e. The Morgan fingerprint density at radius 1 is 0.829 bits per heavy atom. The van der Waals surface area contributed by atoms with Crippen molar-refractivity contribution in [3.05, 3.63) is 77.9 Å². The number of nitrogens with one attached hydrogen (secondary N) is 2. The van der Waals surface area contributed by atoms with Gasteiger partial charge >= 0.3 is 0 Å². The molecule has 0 heterocycles. The van der Waals surface area contributed by atoms with E-state index in [1.807, 2.05) is 18.2 Å². The number of benzene rings is 3. The van der Waals surface area contributed by atoms with Crippen LogP contribution in [-0.4, -0.2) is 45.8 Å². The second-order valence-electron chi connectivity index (χ2n) is 7.67. The van der Waals surface area contributed by atoms with E-state index in [1.165, 1.54) is 0 Å². The van der Waals surface area contributed by atoms with E-state index in [0.717, 1.165) is 5.56 Å². The number of anilines is 1. The number of methoxy groups -OCH3 is 3. The van der Waals surface area contributed by atoms with E-state index in [1.54, 1.807) is 76.8 Å². The van der Waals surface area contributed by atoms with E-state index in [9.17, 15) is 9.59 Å². The molecule has 3 aromatic carbocycles. The third-order valence-electron chi connectivity index (χ3n) is 5.32. The summed E-state index contributed by atoms with van der Waals surface area (Å²) in [5.74, 6) is 1.86. The van der Waals surface area contributed by atoms with Gasteiger partial charge in [0, 0.05) is 6.54 Å². The van der Waals surface area contributed by atoms with Gasteiger partial charge in [-0.25, -0.2) is 0 Å². The van der Waals surface area contributed by atoms with Crippen LogP contribution in [0.2, 0.25) is 0 Å². The first-order chi connectivity index (χ1) is 16.9. The molecule has 0 unspecified atom stereocenters. The van der Waals surface area contributed by atoms with Crippen LogP contribution in [0.15, 0.2) is 66.7 Å². The molecule has 0 radical (unpaired) electrons. The fourth-order valence-electron chi connectivity index (χ4n) is 3.39. The predicted molar refractivity (Wildman–Crippen MR) is 134 cm³/mol. The van der Waals surface area contributed by atoms with Gasteiger partial charge in [-0.3, -0.25) is 9.59 Å². The van der Waals surface area contributed by atoms with Crippen molar-refractivity contribution in [1.29, 1.82) is 0 Å². The van der Waals surface area contributed by atoms with E-state index >= 15 is 0 Å². The van der Waals surface area contributed by atoms with Crippen molar-refractivity contribution in [2.45, 2.75) is 19.4 Å². The molecule has 0 bridgehead atoms. The maximum absolute atomic E-state index is 12.8. The Hall–Kier alpha value is -4.20. The van der Waals surface area contributed by atoms with Crippen LogP contribution in [0.1, 0.15) is 22.8 Å². The van der Waals surface area contributed by atoms with Crippen molar-refractivity contribution in [1.82, 2.24) is 5.32 Å². The van der Waals surface area contributed by atoms with Crippen LogP contribution in [0, 0.1) is 0 Å². The lowest BCUT2D eigenvalue weighted by atomic mass is 10.1. The van der Waals surface area contributed by atoms with Gasteiger partial charge in [0.25, 0.3) is 11.8 Å². The van der Waals surface area contributed by atoms with Crippen molar-refractivity contribution >= 4 is 17.5 Å². The average molecular weight is 479 g/mol. The van der Waals surface area contributed by atoms with Gasteiger partial charge in [0.05, 0.1) is 32.6 Å². The Morgan fingerprint density at radius 3 is 2.20 bits per heavy atom. The molecule has 0 aliphatic heterocycles. The molecule has 0 spiro atoms. The molecule has 0 saturated heterocycles. The standard InChI is InChI=1S/C27H30N2O6/c1-18(35-21-12-10-20(32-2)11-13-21)26(30)29-23-8-6-5-7-22(23)27(31)28-16-15-19-9-14-24(33-3)25(17-19)34-4/h5-14,17-18H,15-16H2,1-4H3,(H,28,31)(H,29,30)/t18-/m1/s1. The number of rotatable bonds is 11. The number of para-hydroxylation sites is 1. The number of amides is 2. The van der Waals surface area contributed by atoms with Crippen LogP contribution in [0.3, 0.4) is 0 Å². The summed E-state index contributed by atoms with van der Waals surface area (Å²) in [5, 5.41) is 5.69. The van der Waals surface area contributed by atoms with Gasteiger partial charge in [-0.15, -0.1) is 0 Å². The fourth-order valence-corrected chi connectivity index (χ4v) is 3.39. The Morgan fingerprint density at radius 2 is 1.51 bits per heavy atom. The SMILES string of the molecule is COc1ccc(O[C@H](C)C(=O)Nc2ccccc2C(=O)NCCc2ccc(OC)c(OC)c2)cc1. The lowest BCUT2D eigenvalue weighted by Crippen LogP contribution is -2.32. The molecule has 2 amide bonds. The Balaban J connectivity index is 1.58. The zero-order chi connectivity index (χ0) is 25.2. The molecule has 0 aliphatic carbocycles. The topological polar surface area (TPSA) is 95.1 Å². The van der Waals surface area contributed by atoms with E-state index in [2.05, 4.69) is 10.6 Å². The molecule has 0 aliphatic rings. The molecule has 35 heavy (non-hydrogen) atoms. The average Bonchev–Trinajstić information content (AvgIpc) is 2.89. The Labute approximate surface area is 205 Å². The highest BCUT2D eigenvalue weighted by molar-refractivity contribution is 6.04. The predicted octanol–water partition coefficient (Wildman–Crippen LogP) is 4.09. The van der Waals surface area contributed by atoms with E-state index < -0.39 is 6.10 Å². The van der Waals surface area contributed by atoms with Crippen molar-refractivity contribution < 1.29 is 28.5 Å². The van der Waals surface area contributed by atoms with E-state index in [4.69, 9.17) is 18.9 Å². The first kappa shape index (κ1) is 25.4. The number of hydrogen-bond donors (Lipinski definition) is 2. The molecule has 0 saturated carbocycles. The first-order valence-electron chi connectivity index (χ1n) is 11.1. The Kier molecular flexibility index (Phi) is 8.95. The van der Waals surface area contributed by atoms with Crippen LogP contribution in [0.5, 0.6) is 23.0 Å². The van der Waals surface area contributed by atoms with Gasteiger partial charge in [-0.05, 0) is 67.4 Å².